The number of hydrogen-bond acceptors (Lipinski definition) is 1. The van der Waals surface area contributed by atoms with E-state index in [1.807, 2.05) is 0 Å². The average molecular weight is 178 g/mol. The second-order valence-corrected chi connectivity index (χ2v) is 2.59. The van der Waals surface area contributed by atoms with Crippen LogP contribution in [-0.2, 0) is 6.42 Å². The van der Waals surface area contributed by atoms with E-state index in [4.69, 9.17) is 15.0 Å². The Labute approximate surface area is 76.0 Å². The van der Waals surface area contributed by atoms with Crippen molar-refractivity contribution in [3.63, 3.8) is 0 Å². The highest BCUT2D eigenvalue weighted by molar-refractivity contribution is 5.59. The zero-order valence-electron chi connectivity index (χ0n) is 6.97. The Morgan fingerprint density at radius 2 is 1.85 bits per heavy atom. The molecule has 1 aromatic rings. The van der Waals surface area contributed by atoms with Gasteiger partial charge in [0.25, 0.3) is 0 Å². The van der Waals surface area contributed by atoms with Crippen LogP contribution in [0.3, 0.4) is 0 Å². The molecule has 13 heavy (non-hydrogen) atoms. The van der Waals surface area contributed by atoms with Gasteiger partial charge in [-0.2, -0.15) is 0 Å². The second-order valence-electron chi connectivity index (χ2n) is 2.59. The summed E-state index contributed by atoms with van der Waals surface area (Å²) in [6.45, 7) is 0. The number of hydrogen-bond donors (Lipinski definition) is 2. The van der Waals surface area contributed by atoms with E-state index in [-0.39, 0.29) is 0 Å². The molecule has 3 nitrogen and oxygen atoms in total. The Morgan fingerprint density at radius 3 is 2.46 bits per heavy atom. The maximum Gasteiger partial charge on any atom is 0.503 e. The summed E-state index contributed by atoms with van der Waals surface area (Å²) in [6, 6.07) is 8.49. The molecule has 0 amide bonds. The van der Waals surface area contributed by atoms with E-state index in [1.54, 1.807) is 0 Å². The lowest BCUT2D eigenvalue weighted by atomic mass is 10.1. The van der Waals surface area contributed by atoms with Crippen molar-refractivity contribution in [1.29, 1.82) is 0 Å². The third-order valence-electron chi connectivity index (χ3n) is 1.69. The van der Waals surface area contributed by atoms with Gasteiger partial charge in [-0.1, -0.05) is 36.4 Å². The number of benzene rings is 1. The lowest BCUT2D eigenvalue weighted by Crippen LogP contribution is -1.81. The minimum atomic E-state index is -1.83. The van der Waals surface area contributed by atoms with Gasteiger partial charge in [-0.15, -0.1) is 0 Å². The molecule has 1 aliphatic rings. The zero-order valence-corrected chi connectivity index (χ0v) is 6.97. The van der Waals surface area contributed by atoms with Crippen LogP contribution in [0, 0.1) is 0 Å². The van der Waals surface area contributed by atoms with E-state index < -0.39 is 6.16 Å². The van der Waals surface area contributed by atoms with Gasteiger partial charge in [0.05, 0.1) is 0 Å². The highest BCUT2D eigenvalue weighted by Crippen LogP contribution is 2.17. The first-order chi connectivity index (χ1) is 6.20. The third-order valence-corrected chi connectivity index (χ3v) is 1.69. The zero-order chi connectivity index (χ0) is 9.68. The van der Waals surface area contributed by atoms with Crippen molar-refractivity contribution < 1.29 is 15.0 Å². The Kier molecular flexibility index (Phi) is 3.09. The van der Waals surface area contributed by atoms with Gasteiger partial charge in [-0.05, 0) is 17.5 Å². The van der Waals surface area contributed by atoms with Crippen molar-refractivity contribution in [3.8, 4) is 0 Å². The summed E-state index contributed by atoms with van der Waals surface area (Å²) in [7, 11) is 0. The molecule has 3 heteroatoms. The minimum absolute atomic E-state index is 1.12. The van der Waals surface area contributed by atoms with Crippen molar-refractivity contribution in [1.82, 2.24) is 0 Å². The maximum absolute atomic E-state index is 8.56. The molecule has 0 spiro atoms. The molecule has 0 aliphatic heterocycles. The summed E-state index contributed by atoms with van der Waals surface area (Å²) in [5.41, 5.74) is 2.84. The molecule has 0 bridgehead atoms. The topological polar surface area (TPSA) is 57.5 Å². The molecule has 1 aliphatic carbocycles. The van der Waals surface area contributed by atoms with Crippen LogP contribution in [0.4, 0.5) is 4.79 Å². The van der Waals surface area contributed by atoms with E-state index in [2.05, 4.69) is 36.4 Å². The van der Waals surface area contributed by atoms with E-state index in [0.29, 0.717) is 0 Å². The quantitative estimate of drug-likeness (QED) is 0.641. The van der Waals surface area contributed by atoms with Gasteiger partial charge in [0, 0.05) is 0 Å². The number of allylic oxidation sites excluding steroid dienone is 1. The third kappa shape index (κ3) is 2.99. The summed E-state index contributed by atoms with van der Waals surface area (Å²) in [5.74, 6) is 0. The highest BCUT2D eigenvalue weighted by atomic mass is 16.6. The van der Waals surface area contributed by atoms with Crippen LogP contribution in [0.5, 0.6) is 0 Å². The lowest BCUT2D eigenvalue weighted by molar-refractivity contribution is 0.137. The van der Waals surface area contributed by atoms with E-state index >= 15 is 0 Å². The van der Waals surface area contributed by atoms with Crippen LogP contribution in [0.2, 0.25) is 0 Å². The van der Waals surface area contributed by atoms with Crippen LogP contribution >= 0.6 is 0 Å². The molecule has 2 rings (SSSR count). The van der Waals surface area contributed by atoms with Gasteiger partial charge in [0.15, 0.2) is 0 Å². The van der Waals surface area contributed by atoms with Crippen molar-refractivity contribution in [2.75, 3.05) is 0 Å². The van der Waals surface area contributed by atoms with Gasteiger partial charge < -0.3 is 10.2 Å². The number of fused-ring (bicyclic) bond motifs is 1. The first-order valence-corrected chi connectivity index (χ1v) is 3.86. The van der Waals surface area contributed by atoms with E-state index in [1.165, 1.54) is 11.1 Å². The van der Waals surface area contributed by atoms with Crippen LogP contribution in [0.25, 0.3) is 6.08 Å². The Balaban J connectivity index is 0.000000184. The van der Waals surface area contributed by atoms with Gasteiger partial charge in [0.1, 0.15) is 0 Å². The normalized spacial score (nSPS) is 11.4. The van der Waals surface area contributed by atoms with Gasteiger partial charge in [0.2, 0.25) is 0 Å². The van der Waals surface area contributed by atoms with Crippen molar-refractivity contribution in [3.05, 3.63) is 41.5 Å². The molecule has 0 unspecified atom stereocenters. The summed E-state index contributed by atoms with van der Waals surface area (Å²) >= 11 is 0. The molecule has 0 atom stereocenters. The van der Waals surface area contributed by atoms with Crippen LogP contribution < -0.4 is 0 Å². The molecule has 0 aromatic heterocycles. The van der Waals surface area contributed by atoms with Crippen molar-refractivity contribution in [2.24, 2.45) is 0 Å². The Bertz CT molecular complexity index is 325. The minimum Gasteiger partial charge on any atom is -0.450 e. The summed E-state index contributed by atoms with van der Waals surface area (Å²) in [5, 5.41) is 13.9. The van der Waals surface area contributed by atoms with Gasteiger partial charge in [-0.3, -0.25) is 0 Å². The number of rotatable bonds is 0. The molecule has 0 saturated heterocycles. The monoisotopic (exact) mass is 178 g/mol. The fourth-order valence-corrected chi connectivity index (χ4v) is 1.20. The summed E-state index contributed by atoms with van der Waals surface area (Å²) in [6.07, 6.45) is 3.66. The SMILES string of the molecule is C1=Cc2ccccc2C1.O=C(O)O. The number of carbonyl (C=O) groups is 1. The largest absolute Gasteiger partial charge is 0.503 e. The fourth-order valence-electron chi connectivity index (χ4n) is 1.20. The molecular weight excluding hydrogens is 168 g/mol. The van der Waals surface area contributed by atoms with Gasteiger partial charge >= 0.3 is 6.16 Å². The van der Waals surface area contributed by atoms with Crippen LogP contribution in [0.1, 0.15) is 11.1 Å². The van der Waals surface area contributed by atoms with Crippen LogP contribution in [-0.4, -0.2) is 16.4 Å². The molecule has 0 fully saturated rings. The van der Waals surface area contributed by atoms with Crippen molar-refractivity contribution >= 4 is 12.2 Å². The highest BCUT2D eigenvalue weighted by Gasteiger charge is 2.00. The smallest absolute Gasteiger partial charge is 0.450 e. The predicted octanol–water partition coefficient (Wildman–Crippen LogP) is 2.48. The summed E-state index contributed by atoms with van der Waals surface area (Å²) in [4.78, 5) is 8.56. The molecule has 0 saturated carbocycles. The van der Waals surface area contributed by atoms with E-state index in [9.17, 15) is 0 Å². The van der Waals surface area contributed by atoms with Crippen molar-refractivity contribution in [2.45, 2.75) is 6.42 Å². The molecule has 2 N–H and O–H groups in total. The maximum atomic E-state index is 8.56. The summed E-state index contributed by atoms with van der Waals surface area (Å²) < 4.78 is 0. The lowest BCUT2D eigenvalue weighted by Gasteiger charge is -1.93. The average Bonchev–Trinajstić information content (AvgIpc) is 2.49. The molecule has 68 valence electrons. The second kappa shape index (κ2) is 4.30. The molecule has 0 heterocycles. The molecular formula is C10H10O3. The number of carboxylic acid groups (broad SMARTS) is 2. The van der Waals surface area contributed by atoms with Crippen LogP contribution in [0.15, 0.2) is 30.3 Å². The van der Waals surface area contributed by atoms with E-state index in [0.717, 1.165) is 6.42 Å². The first kappa shape index (κ1) is 9.32. The Morgan fingerprint density at radius 1 is 1.23 bits per heavy atom. The first-order valence-electron chi connectivity index (χ1n) is 3.86. The predicted molar refractivity (Wildman–Crippen MR) is 49.8 cm³/mol. The van der Waals surface area contributed by atoms with Gasteiger partial charge in [-0.25, -0.2) is 4.79 Å². The molecule has 1 aromatic carbocycles. The fraction of sp³-hybridized carbons (Fsp3) is 0.100. The Hall–Kier alpha value is -1.77. The molecule has 0 radical (unpaired) electrons. The standard InChI is InChI=1S/C9H8.CH2O3/c1-2-5-9-7-3-6-8(9)4-1;2-1(3)4/h1-6H,7H2;(H2,2,3,4).